The molecule has 0 radical (unpaired) electrons. The molecule has 1 aliphatic carbocycles. The minimum atomic E-state index is -3.61. The van der Waals surface area contributed by atoms with Gasteiger partial charge >= 0.3 is 0 Å². The number of amides is 1. The van der Waals surface area contributed by atoms with Crippen LogP contribution in [0.25, 0.3) is 11.0 Å². The molecule has 0 spiro atoms. The fourth-order valence-corrected chi connectivity index (χ4v) is 6.48. The summed E-state index contributed by atoms with van der Waals surface area (Å²) in [6, 6.07) is 19.5. The Labute approximate surface area is 245 Å². The van der Waals surface area contributed by atoms with Crippen LogP contribution in [0.4, 0.5) is 0 Å². The SMILES string of the molecule is CCCNS(=O)(=O)c1ccc2c(c1)C[C@H](N(Cc1cc(Cl)ccc1OCCOC)C(=O)c1cc3ccccc3o1)C2. The number of furan rings is 1. The van der Waals surface area contributed by atoms with E-state index < -0.39 is 10.0 Å². The first-order valence-electron chi connectivity index (χ1n) is 13.6. The van der Waals surface area contributed by atoms with Crippen LogP contribution in [0.2, 0.25) is 5.02 Å². The molecule has 0 saturated heterocycles. The molecule has 216 valence electrons. The summed E-state index contributed by atoms with van der Waals surface area (Å²) in [6.45, 7) is 3.27. The van der Waals surface area contributed by atoms with E-state index in [-0.39, 0.29) is 29.1 Å². The predicted molar refractivity (Wildman–Crippen MR) is 158 cm³/mol. The molecule has 0 unspecified atom stereocenters. The minimum Gasteiger partial charge on any atom is -0.491 e. The van der Waals surface area contributed by atoms with Crippen molar-refractivity contribution in [1.82, 2.24) is 9.62 Å². The molecule has 8 nitrogen and oxygen atoms in total. The van der Waals surface area contributed by atoms with Crippen molar-refractivity contribution in [3.8, 4) is 5.75 Å². The third kappa shape index (κ3) is 6.59. The zero-order valence-corrected chi connectivity index (χ0v) is 24.6. The Bertz CT molecular complexity index is 1620. The lowest BCUT2D eigenvalue weighted by molar-refractivity contribution is 0.0634. The van der Waals surface area contributed by atoms with Crippen molar-refractivity contribution < 1.29 is 27.1 Å². The lowest BCUT2D eigenvalue weighted by atomic mass is 10.1. The van der Waals surface area contributed by atoms with Gasteiger partial charge in [0.1, 0.15) is 17.9 Å². The summed E-state index contributed by atoms with van der Waals surface area (Å²) in [4.78, 5) is 16.1. The molecule has 0 aliphatic heterocycles. The highest BCUT2D eigenvalue weighted by Gasteiger charge is 2.33. The maximum atomic E-state index is 14.1. The van der Waals surface area contributed by atoms with Gasteiger partial charge in [0, 0.05) is 35.7 Å². The van der Waals surface area contributed by atoms with Crippen LogP contribution in [0.5, 0.6) is 5.75 Å². The van der Waals surface area contributed by atoms with E-state index in [4.69, 9.17) is 25.5 Å². The molecular weight excluding hydrogens is 564 g/mol. The van der Waals surface area contributed by atoms with Gasteiger partial charge < -0.3 is 18.8 Å². The molecule has 41 heavy (non-hydrogen) atoms. The number of hydrogen-bond donors (Lipinski definition) is 1. The Morgan fingerprint density at radius 3 is 2.63 bits per heavy atom. The monoisotopic (exact) mass is 596 g/mol. The number of benzene rings is 3. The van der Waals surface area contributed by atoms with Crippen LogP contribution in [0.15, 0.2) is 76.0 Å². The second kappa shape index (κ2) is 12.7. The number of nitrogens with one attached hydrogen (secondary N) is 1. The van der Waals surface area contributed by atoms with Gasteiger partial charge in [-0.05, 0) is 72.9 Å². The Hall–Kier alpha value is -3.37. The van der Waals surface area contributed by atoms with Crippen molar-refractivity contribution in [1.29, 1.82) is 0 Å². The van der Waals surface area contributed by atoms with Crippen molar-refractivity contribution in [2.45, 2.75) is 43.7 Å². The minimum absolute atomic E-state index is 0.223. The quantitative estimate of drug-likeness (QED) is 0.214. The molecule has 0 fully saturated rings. The molecule has 3 aromatic carbocycles. The summed E-state index contributed by atoms with van der Waals surface area (Å²) < 4.78 is 45.2. The number of rotatable bonds is 12. The van der Waals surface area contributed by atoms with E-state index in [0.29, 0.717) is 55.4 Å². The van der Waals surface area contributed by atoms with Crippen molar-refractivity contribution in [3.63, 3.8) is 0 Å². The van der Waals surface area contributed by atoms with Gasteiger partial charge in [-0.1, -0.05) is 42.8 Å². The van der Waals surface area contributed by atoms with E-state index in [9.17, 15) is 13.2 Å². The lowest BCUT2D eigenvalue weighted by Crippen LogP contribution is -2.40. The maximum Gasteiger partial charge on any atom is 0.290 e. The smallest absolute Gasteiger partial charge is 0.290 e. The molecule has 5 rings (SSSR count). The zero-order chi connectivity index (χ0) is 29.0. The number of fused-ring (bicyclic) bond motifs is 2. The molecule has 1 aliphatic rings. The number of hydrogen-bond acceptors (Lipinski definition) is 6. The number of carbonyl (C=O) groups is 1. The van der Waals surface area contributed by atoms with Gasteiger partial charge in [-0.3, -0.25) is 4.79 Å². The summed E-state index contributed by atoms with van der Waals surface area (Å²) >= 11 is 6.38. The molecule has 1 heterocycles. The average molecular weight is 597 g/mol. The summed E-state index contributed by atoms with van der Waals surface area (Å²) in [5.41, 5.74) is 3.29. The Balaban J connectivity index is 1.48. The standard InChI is InChI=1S/C31H33ClN2O6S/c1-3-12-33-41(36,37)27-10-8-21-16-26(17-23(21)18-27)34(31(35)30-19-22-6-4-5-7-29(22)40-30)20-24-15-25(32)9-11-28(24)39-14-13-38-2/h4-11,15,18-19,26,33H,3,12-14,16-17,20H2,1-2H3/t26-/m1/s1. The van der Waals surface area contributed by atoms with Gasteiger partial charge in [-0.2, -0.15) is 0 Å². The highest BCUT2D eigenvalue weighted by Crippen LogP contribution is 2.33. The fourth-order valence-electron chi connectivity index (χ4n) is 5.11. The number of methoxy groups -OCH3 is 1. The molecule has 4 aromatic rings. The predicted octanol–water partition coefficient (Wildman–Crippen LogP) is 5.61. The molecule has 10 heteroatoms. The van der Waals surface area contributed by atoms with E-state index in [0.717, 1.165) is 22.1 Å². The van der Waals surface area contributed by atoms with Gasteiger partial charge in [0.15, 0.2) is 5.76 Å². The third-order valence-electron chi connectivity index (χ3n) is 7.19. The second-order valence-electron chi connectivity index (χ2n) is 10.1. The lowest BCUT2D eigenvalue weighted by Gasteiger charge is -2.29. The summed E-state index contributed by atoms with van der Waals surface area (Å²) in [5.74, 6) is 0.581. The van der Waals surface area contributed by atoms with Crippen LogP contribution in [0.1, 0.15) is 40.6 Å². The molecule has 0 saturated carbocycles. The number of sulfonamides is 1. The van der Waals surface area contributed by atoms with E-state index in [1.165, 1.54) is 0 Å². The number of carbonyl (C=O) groups excluding carboxylic acids is 1. The number of halogens is 1. The molecule has 1 amide bonds. The first-order valence-corrected chi connectivity index (χ1v) is 15.5. The van der Waals surface area contributed by atoms with Gasteiger partial charge in [-0.25, -0.2) is 13.1 Å². The van der Waals surface area contributed by atoms with Crippen LogP contribution >= 0.6 is 11.6 Å². The topological polar surface area (TPSA) is 98.1 Å². The van der Waals surface area contributed by atoms with Gasteiger partial charge in [0.05, 0.1) is 18.0 Å². The Morgan fingerprint density at radius 2 is 1.85 bits per heavy atom. The van der Waals surface area contributed by atoms with Gasteiger partial charge in [-0.15, -0.1) is 0 Å². The van der Waals surface area contributed by atoms with Crippen LogP contribution < -0.4 is 9.46 Å². The molecule has 1 aromatic heterocycles. The Kier molecular flexibility index (Phi) is 8.99. The van der Waals surface area contributed by atoms with Crippen LogP contribution in [-0.2, 0) is 34.1 Å². The maximum absolute atomic E-state index is 14.1. The van der Waals surface area contributed by atoms with E-state index in [1.54, 1.807) is 48.4 Å². The highest BCUT2D eigenvalue weighted by atomic mass is 35.5. The third-order valence-corrected chi connectivity index (χ3v) is 8.88. The summed E-state index contributed by atoms with van der Waals surface area (Å²) in [5, 5.41) is 1.37. The molecule has 1 N–H and O–H groups in total. The first-order chi connectivity index (χ1) is 19.8. The average Bonchev–Trinajstić information content (AvgIpc) is 3.59. The van der Waals surface area contributed by atoms with Crippen LogP contribution in [0.3, 0.4) is 0 Å². The number of nitrogens with zero attached hydrogens (tertiary/aromatic N) is 1. The molecule has 1 atom stereocenters. The molecule has 0 bridgehead atoms. The van der Waals surface area contributed by atoms with Crippen molar-refractivity contribution in [2.75, 3.05) is 26.9 Å². The van der Waals surface area contributed by atoms with Gasteiger partial charge in [0.2, 0.25) is 10.0 Å². The fraction of sp³-hybridized carbons (Fsp3) is 0.323. The summed E-state index contributed by atoms with van der Waals surface area (Å²) in [7, 11) is -2.01. The van der Waals surface area contributed by atoms with Crippen molar-refractivity contribution >= 4 is 38.5 Å². The van der Waals surface area contributed by atoms with Crippen molar-refractivity contribution in [3.05, 3.63) is 94.2 Å². The summed E-state index contributed by atoms with van der Waals surface area (Å²) in [6.07, 6.45) is 1.77. The second-order valence-corrected chi connectivity index (χ2v) is 12.3. The Morgan fingerprint density at radius 1 is 1.05 bits per heavy atom. The molecular formula is C31H33ClN2O6S. The highest BCUT2D eigenvalue weighted by molar-refractivity contribution is 7.89. The number of para-hydroxylation sites is 1. The van der Waals surface area contributed by atoms with E-state index in [1.807, 2.05) is 37.3 Å². The van der Waals surface area contributed by atoms with E-state index in [2.05, 4.69) is 4.72 Å². The largest absolute Gasteiger partial charge is 0.491 e. The van der Waals surface area contributed by atoms with E-state index >= 15 is 0 Å². The first kappa shape index (κ1) is 29.1. The van der Waals surface area contributed by atoms with Crippen LogP contribution in [-0.4, -0.2) is 52.1 Å². The normalized spacial score (nSPS) is 14.8. The van der Waals surface area contributed by atoms with Gasteiger partial charge in [0.25, 0.3) is 5.91 Å². The number of ether oxygens (including phenoxy) is 2. The zero-order valence-electron chi connectivity index (χ0n) is 23.1. The van der Waals surface area contributed by atoms with Crippen molar-refractivity contribution in [2.24, 2.45) is 0 Å². The van der Waals surface area contributed by atoms with Crippen LogP contribution in [0, 0.1) is 0 Å².